The molecule has 0 aromatic heterocycles. The van der Waals surface area contributed by atoms with E-state index in [0.29, 0.717) is 0 Å². The molecule has 1 heterocycles. The first-order valence-corrected chi connectivity index (χ1v) is 9.01. The first kappa shape index (κ1) is 12.9. The molecule has 0 amide bonds. The Bertz CT molecular complexity index is 510. The molecule has 2 rings (SSSR count). The zero-order chi connectivity index (χ0) is 13.2. The zero-order valence-corrected chi connectivity index (χ0v) is 12.3. The summed E-state index contributed by atoms with van der Waals surface area (Å²) in [5, 5.41) is 6.41. The lowest BCUT2D eigenvalue weighted by Crippen LogP contribution is -2.52. The van der Waals surface area contributed by atoms with Gasteiger partial charge in [-0.2, -0.15) is 0 Å². The second-order valence-electron chi connectivity index (χ2n) is 4.70. The van der Waals surface area contributed by atoms with E-state index in [0.717, 1.165) is 5.70 Å². The van der Waals surface area contributed by atoms with Gasteiger partial charge in [0.25, 0.3) is 0 Å². The molecular formula is C16H21NSi. The highest BCUT2D eigenvalue weighted by Gasteiger charge is 2.40. The van der Waals surface area contributed by atoms with Crippen LogP contribution in [0.25, 0.3) is 0 Å². The summed E-state index contributed by atoms with van der Waals surface area (Å²) in [6.45, 7) is 12.6. The Morgan fingerprint density at radius 2 is 1.78 bits per heavy atom. The Morgan fingerprint density at radius 1 is 1.11 bits per heavy atom. The van der Waals surface area contributed by atoms with E-state index in [1.807, 2.05) is 12.2 Å². The first-order chi connectivity index (χ1) is 8.73. The summed E-state index contributed by atoms with van der Waals surface area (Å²) < 4.78 is 0. The summed E-state index contributed by atoms with van der Waals surface area (Å²) in [6.07, 6.45) is 3.97. The van der Waals surface area contributed by atoms with Crippen LogP contribution in [0.2, 0.25) is 12.1 Å². The Hall–Kier alpha value is -1.54. The molecule has 2 heteroatoms. The summed E-state index contributed by atoms with van der Waals surface area (Å²) in [7, 11) is -1.64. The molecule has 0 unspecified atom stereocenters. The lowest BCUT2D eigenvalue weighted by molar-refractivity contribution is 1.25. The largest absolute Gasteiger partial charge is 0.356 e. The fourth-order valence-electron chi connectivity index (χ4n) is 3.10. The van der Waals surface area contributed by atoms with E-state index in [-0.39, 0.29) is 0 Å². The van der Waals surface area contributed by atoms with Gasteiger partial charge in [-0.1, -0.05) is 63.4 Å². The van der Waals surface area contributed by atoms with Gasteiger partial charge < -0.3 is 5.32 Å². The molecule has 1 aliphatic rings. The number of rotatable bonds is 4. The van der Waals surface area contributed by atoms with Crippen molar-refractivity contribution in [2.45, 2.75) is 25.9 Å². The van der Waals surface area contributed by atoms with Crippen LogP contribution in [0, 0.1) is 0 Å². The Balaban J connectivity index is 2.74. The van der Waals surface area contributed by atoms with Crippen molar-refractivity contribution in [1.82, 2.24) is 0 Å². The van der Waals surface area contributed by atoms with Gasteiger partial charge in [0, 0.05) is 11.4 Å². The predicted octanol–water partition coefficient (Wildman–Crippen LogP) is 3.97. The van der Waals surface area contributed by atoms with Gasteiger partial charge in [0.1, 0.15) is 8.07 Å². The maximum atomic E-state index is 4.04. The summed E-state index contributed by atoms with van der Waals surface area (Å²) >= 11 is 0. The molecule has 1 aromatic rings. The maximum Gasteiger partial charge on any atom is 0.123 e. The highest BCUT2D eigenvalue weighted by atomic mass is 28.3. The number of anilines is 1. The predicted molar refractivity (Wildman–Crippen MR) is 83.8 cm³/mol. The van der Waals surface area contributed by atoms with Gasteiger partial charge in [-0.05, 0) is 22.5 Å². The van der Waals surface area contributed by atoms with Crippen LogP contribution in [0.1, 0.15) is 13.8 Å². The molecule has 1 N–H and O–H groups in total. The Kier molecular flexibility index (Phi) is 3.57. The van der Waals surface area contributed by atoms with Crippen LogP contribution in [-0.4, -0.2) is 8.07 Å². The Labute approximate surface area is 111 Å². The molecule has 0 spiro atoms. The molecule has 0 aliphatic carbocycles. The second kappa shape index (κ2) is 4.98. The van der Waals surface area contributed by atoms with Gasteiger partial charge >= 0.3 is 0 Å². The van der Waals surface area contributed by atoms with Gasteiger partial charge in [-0.25, -0.2) is 0 Å². The molecule has 1 aliphatic heterocycles. The highest BCUT2D eigenvalue weighted by Crippen LogP contribution is 2.34. The van der Waals surface area contributed by atoms with Gasteiger partial charge in [-0.15, -0.1) is 0 Å². The standard InChI is InChI=1S/C16H21NSi/c1-5-13-15(6-2)18(7-3,8-4)16-12-10-9-11-14(16)17-13/h5-6,9-12,17H,1-2,7-8H2,3-4H3. The maximum absolute atomic E-state index is 4.04. The van der Waals surface area contributed by atoms with Crippen molar-refractivity contribution in [2.24, 2.45) is 0 Å². The number of para-hydroxylation sites is 1. The lowest BCUT2D eigenvalue weighted by atomic mass is 10.2. The van der Waals surface area contributed by atoms with Gasteiger partial charge in [0.05, 0.1) is 0 Å². The second-order valence-corrected chi connectivity index (χ2v) is 9.35. The minimum atomic E-state index is -1.64. The summed E-state index contributed by atoms with van der Waals surface area (Å²) in [6, 6.07) is 11.1. The smallest absolute Gasteiger partial charge is 0.123 e. The summed E-state index contributed by atoms with van der Waals surface area (Å²) in [5.74, 6) is 0. The van der Waals surface area contributed by atoms with E-state index in [1.54, 1.807) is 0 Å². The SMILES string of the molecule is C=CC1=C(C=C)[Si](CC)(CC)c2ccccc2N1. The molecule has 0 radical (unpaired) electrons. The number of fused-ring (bicyclic) bond motifs is 1. The molecule has 18 heavy (non-hydrogen) atoms. The zero-order valence-electron chi connectivity index (χ0n) is 11.3. The van der Waals surface area contributed by atoms with Crippen LogP contribution in [0.4, 0.5) is 5.69 Å². The van der Waals surface area contributed by atoms with Crippen LogP contribution in [-0.2, 0) is 0 Å². The molecule has 0 fully saturated rings. The summed E-state index contributed by atoms with van der Waals surface area (Å²) in [5.41, 5.74) is 2.41. The number of hydrogen-bond donors (Lipinski definition) is 1. The Morgan fingerprint density at radius 3 is 2.33 bits per heavy atom. The van der Waals surface area contributed by atoms with Gasteiger partial charge in [0.2, 0.25) is 0 Å². The number of nitrogens with one attached hydrogen (secondary N) is 1. The summed E-state index contributed by atoms with van der Waals surface area (Å²) in [4.78, 5) is 0. The van der Waals surface area contributed by atoms with Crippen molar-refractivity contribution in [3.8, 4) is 0 Å². The van der Waals surface area contributed by atoms with Crippen molar-refractivity contribution in [3.63, 3.8) is 0 Å². The molecule has 1 nitrogen and oxygen atoms in total. The minimum absolute atomic E-state index is 1.15. The average molecular weight is 255 g/mol. The van der Waals surface area contributed by atoms with Gasteiger partial charge in [0.15, 0.2) is 0 Å². The van der Waals surface area contributed by atoms with E-state index in [1.165, 1.54) is 28.2 Å². The number of hydrogen-bond acceptors (Lipinski definition) is 1. The molecule has 0 bridgehead atoms. The van der Waals surface area contributed by atoms with Crippen LogP contribution in [0.15, 0.2) is 60.5 Å². The fourth-order valence-corrected chi connectivity index (χ4v) is 7.56. The molecule has 94 valence electrons. The topological polar surface area (TPSA) is 12.0 Å². The normalized spacial score (nSPS) is 16.8. The number of allylic oxidation sites excluding steroid dienone is 3. The van der Waals surface area contributed by atoms with Crippen LogP contribution < -0.4 is 10.5 Å². The lowest BCUT2D eigenvalue weighted by Gasteiger charge is -2.38. The van der Waals surface area contributed by atoms with Crippen molar-refractivity contribution < 1.29 is 0 Å². The molecule has 0 saturated carbocycles. The van der Waals surface area contributed by atoms with Crippen LogP contribution >= 0.6 is 0 Å². The third-order valence-corrected chi connectivity index (χ3v) is 9.52. The third-order valence-electron chi connectivity index (χ3n) is 4.13. The number of benzene rings is 1. The fraction of sp³-hybridized carbons (Fsp3) is 0.250. The van der Waals surface area contributed by atoms with Crippen molar-refractivity contribution in [3.05, 3.63) is 60.5 Å². The highest BCUT2D eigenvalue weighted by molar-refractivity contribution is 6.99. The van der Waals surface area contributed by atoms with Crippen LogP contribution in [0.3, 0.4) is 0 Å². The van der Waals surface area contributed by atoms with E-state index in [9.17, 15) is 0 Å². The van der Waals surface area contributed by atoms with Gasteiger partial charge in [-0.3, -0.25) is 0 Å². The third kappa shape index (κ3) is 1.68. The first-order valence-electron chi connectivity index (χ1n) is 6.59. The van der Waals surface area contributed by atoms with Crippen molar-refractivity contribution in [2.75, 3.05) is 5.32 Å². The van der Waals surface area contributed by atoms with E-state index in [2.05, 4.69) is 56.6 Å². The molecule has 0 saturated heterocycles. The minimum Gasteiger partial charge on any atom is -0.356 e. The quantitative estimate of drug-likeness (QED) is 0.803. The van der Waals surface area contributed by atoms with E-state index < -0.39 is 8.07 Å². The average Bonchev–Trinajstić information content (AvgIpc) is 2.44. The van der Waals surface area contributed by atoms with Crippen molar-refractivity contribution >= 4 is 18.9 Å². The molecule has 0 atom stereocenters. The molecular weight excluding hydrogens is 234 g/mol. The van der Waals surface area contributed by atoms with Crippen molar-refractivity contribution in [1.29, 1.82) is 0 Å². The molecule has 1 aromatic carbocycles. The monoisotopic (exact) mass is 255 g/mol. The van der Waals surface area contributed by atoms with E-state index in [4.69, 9.17) is 0 Å². The van der Waals surface area contributed by atoms with Crippen LogP contribution in [0.5, 0.6) is 0 Å². The van der Waals surface area contributed by atoms with E-state index >= 15 is 0 Å².